The third-order valence-corrected chi connectivity index (χ3v) is 4.72. The molecule has 1 aliphatic rings. The van der Waals surface area contributed by atoms with Crippen LogP contribution in [-0.4, -0.2) is 34.9 Å². The van der Waals surface area contributed by atoms with Crippen molar-refractivity contribution in [2.24, 2.45) is 16.3 Å². The third kappa shape index (κ3) is 2.86. The molecule has 0 aliphatic carbocycles. The van der Waals surface area contributed by atoms with Crippen LogP contribution in [0.5, 0.6) is 0 Å². The summed E-state index contributed by atoms with van der Waals surface area (Å²) < 4.78 is 0. The van der Waals surface area contributed by atoms with Crippen LogP contribution < -0.4 is 5.73 Å². The molecule has 1 fully saturated rings. The van der Waals surface area contributed by atoms with E-state index >= 15 is 0 Å². The summed E-state index contributed by atoms with van der Waals surface area (Å²) in [7, 11) is 0. The number of aryl methyl sites for hydroxylation is 1. The summed E-state index contributed by atoms with van der Waals surface area (Å²) in [6.45, 7) is 7.21. The largest absolute Gasteiger partial charge is 0.409 e. The van der Waals surface area contributed by atoms with Crippen LogP contribution in [0, 0.1) is 19.3 Å². The fourth-order valence-corrected chi connectivity index (χ4v) is 2.73. The lowest BCUT2D eigenvalue weighted by atomic mass is 9.79. The van der Waals surface area contributed by atoms with Crippen molar-refractivity contribution >= 4 is 11.7 Å². The highest BCUT2D eigenvalue weighted by Crippen LogP contribution is 2.31. The Kier molecular flexibility index (Phi) is 4.21. The fourth-order valence-electron chi connectivity index (χ4n) is 2.73. The second-order valence-corrected chi connectivity index (χ2v) is 6.09. The molecule has 1 amide bonds. The van der Waals surface area contributed by atoms with Crippen molar-refractivity contribution < 1.29 is 10.0 Å². The van der Waals surface area contributed by atoms with Gasteiger partial charge in [-0.15, -0.1) is 0 Å². The van der Waals surface area contributed by atoms with Gasteiger partial charge >= 0.3 is 0 Å². The number of oxime groups is 1. The molecule has 21 heavy (non-hydrogen) atoms. The van der Waals surface area contributed by atoms with Crippen LogP contribution in [-0.2, 0) is 0 Å². The van der Waals surface area contributed by atoms with Gasteiger partial charge in [0.2, 0.25) is 0 Å². The van der Waals surface area contributed by atoms with Crippen molar-refractivity contribution in [2.45, 2.75) is 33.6 Å². The van der Waals surface area contributed by atoms with E-state index < -0.39 is 0 Å². The zero-order chi connectivity index (χ0) is 15.6. The molecule has 1 saturated heterocycles. The number of likely N-dealkylation sites (tertiary alicyclic amines) is 1. The Hall–Kier alpha value is -2.04. The standard InChI is InChI=1S/C16H23N3O2/c1-11-5-4-6-13(12(11)2)14(20)19-9-7-16(3,8-10-19)15(17)18-21/h4-6,21H,7-10H2,1-3H3,(H2,17,18). The maximum absolute atomic E-state index is 12.6. The first-order chi connectivity index (χ1) is 9.89. The van der Waals surface area contributed by atoms with Crippen LogP contribution in [0.15, 0.2) is 23.4 Å². The Morgan fingerprint density at radius 3 is 2.52 bits per heavy atom. The number of nitrogens with zero attached hydrogens (tertiary/aromatic N) is 2. The van der Waals surface area contributed by atoms with Gasteiger partial charge in [0.1, 0.15) is 5.84 Å². The van der Waals surface area contributed by atoms with Gasteiger partial charge in [-0.25, -0.2) is 0 Å². The number of hydrogen-bond donors (Lipinski definition) is 2. The molecule has 0 unspecified atom stereocenters. The molecule has 5 nitrogen and oxygen atoms in total. The highest BCUT2D eigenvalue weighted by molar-refractivity contribution is 5.96. The minimum absolute atomic E-state index is 0.0674. The quantitative estimate of drug-likeness (QED) is 0.379. The number of carbonyl (C=O) groups is 1. The molecule has 1 aromatic carbocycles. The molecule has 1 aromatic rings. The topological polar surface area (TPSA) is 78.9 Å². The van der Waals surface area contributed by atoms with E-state index in [0.29, 0.717) is 25.9 Å². The number of piperidine rings is 1. The van der Waals surface area contributed by atoms with Gasteiger partial charge in [-0.1, -0.05) is 24.2 Å². The van der Waals surface area contributed by atoms with Crippen molar-refractivity contribution in [3.63, 3.8) is 0 Å². The minimum Gasteiger partial charge on any atom is -0.409 e. The van der Waals surface area contributed by atoms with Gasteiger partial charge in [0, 0.05) is 24.1 Å². The van der Waals surface area contributed by atoms with Crippen molar-refractivity contribution in [3.8, 4) is 0 Å². The van der Waals surface area contributed by atoms with Crippen LogP contribution in [0.3, 0.4) is 0 Å². The molecule has 0 radical (unpaired) electrons. The van der Waals surface area contributed by atoms with E-state index in [1.807, 2.05) is 43.9 Å². The summed E-state index contributed by atoms with van der Waals surface area (Å²) in [5.74, 6) is 0.319. The average molecular weight is 289 g/mol. The molecule has 114 valence electrons. The highest BCUT2D eigenvalue weighted by Gasteiger charge is 2.36. The lowest BCUT2D eigenvalue weighted by Crippen LogP contribution is -2.47. The SMILES string of the molecule is Cc1cccc(C(=O)N2CCC(C)(/C(N)=N/O)CC2)c1C. The summed E-state index contributed by atoms with van der Waals surface area (Å²) >= 11 is 0. The van der Waals surface area contributed by atoms with Gasteiger partial charge in [-0.05, 0) is 43.9 Å². The first-order valence-electron chi connectivity index (χ1n) is 7.22. The Morgan fingerprint density at radius 1 is 1.33 bits per heavy atom. The number of benzene rings is 1. The van der Waals surface area contributed by atoms with Crippen molar-refractivity contribution in [3.05, 3.63) is 34.9 Å². The monoisotopic (exact) mass is 289 g/mol. The van der Waals surface area contributed by atoms with E-state index in [1.165, 1.54) is 0 Å². The molecule has 0 saturated carbocycles. The number of hydrogen-bond acceptors (Lipinski definition) is 3. The molecule has 0 bridgehead atoms. The smallest absolute Gasteiger partial charge is 0.254 e. The number of nitrogens with two attached hydrogens (primary N) is 1. The molecule has 5 heteroatoms. The summed E-state index contributed by atoms with van der Waals surface area (Å²) in [6.07, 6.45) is 1.42. The average Bonchev–Trinajstić information content (AvgIpc) is 2.49. The zero-order valence-electron chi connectivity index (χ0n) is 12.9. The molecule has 0 atom stereocenters. The van der Waals surface area contributed by atoms with Crippen LogP contribution in [0.4, 0.5) is 0 Å². The van der Waals surface area contributed by atoms with Crippen LogP contribution >= 0.6 is 0 Å². The zero-order valence-corrected chi connectivity index (χ0v) is 12.9. The highest BCUT2D eigenvalue weighted by atomic mass is 16.4. The Balaban J connectivity index is 2.12. The van der Waals surface area contributed by atoms with Crippen LogP contribution in [0.2, 0.25) is 0 Å². The fraction of sp³-hybridized carbons (Fsp3) is 0.500. The lowest BCUT2D eigenvalue weighted by Gasteiger charge is -2.38. The van der Waals surface area contributed by atoms with E-state index in [-0.39, 0.29) is 17.2 Å². The molecule has 2 rings (SSSR count). The summed E-state index contributed by atoms with van der Waals surface area (Å²) in [5, 5.41) is 12.0. The van der Waals surface area contributed by atoms with E-state index in [9.17, 15) is 4.79 Å². The van der Waals surface area contributed by atoms with E-state index in [4.69, 9.17) is 10.9 Å². The maximum Gasteiger partial charge on any atom is 0.254 e. The Labute approximate surface area is 125 Å². The molecule has 1 heterocycles. The minimum atomic E-state index is -0.326. The maximum atomic E-state index is 12.6. The Bertz CT molecular complexity index is 573. The van der Waals surface area contributed by atoms with E-state index in [1.54, 1.807) is 0 Å². The van der Waals surface area contributed by atoms with Crippen molar-refractivity contribution in [2.75, 3.05) is 13.1 Å². The summed E-state index contributed by atoms with van der Waals surface area (Å²) in [4.78, 5) is 14.5. The molecule has 1 aliphatic heterocycles. The predicted octanol–water partition coefficient (Wildman–Crippen LogP) is 2.29. The van der Waals surface area contributed by atoms with Gasteiger partial charge in [-0.3, -0.25) is 4.79 Å². The number of amides is 1. The lowest BCUT2D eigenvalue weighted by molar-refractivity contribution is 0.0665. The van der Waals surface area contributed by atoms with Gasteiger partial charge in [0.25, 0.3) is 5.91 Å². The number of carbonyl (C=O) groups excluding carboxylic acids is 1. The normalized spacial score (nSPS) is 18.6. The Morgan fingerprint density at radius 2 is 1.95 bits per heavy atom. The second-order valence-electron chi connectivity index (χ2n) is 6.09. The van der Waals surface area contributed by atoms with Crippen LogP contribution in [0.1, 0.15) is 41.3 Å². The van der Waals surface area contributed by atoms with Crippen molar-refractivity contribution in [1.82, 2.24) is 4.90 Å². The van der Waals surface area contributed by atoms with Crippen LogP contribution in [0.25, 0.3) is 0 Å². The van der Waals surface area contributed by atoms with Gasteiger partial charge in [-0.2, -0.15) is 0 Å². The van der Waals surface area contributed by atoms with Gasteiger partial charge < -0.3 is 15.8 Å². The predicted molar refractivity (Wildman–Crippen MR) is 82.6 cm³/mol. The first-order valence-corrected chi connectivity index (χ1v) is 7.22. The van der Waals surface area contributed by atoms with Gasteiger partial charge in [0.15, 0.2) is 0 Å². The second kappa shape index (κ2) is 5.76. The van der Waals surface area contributed by atoms with E-state index in [0.717, 1.165) is 16.7 Å². The first kappa shape index (κ1) is 15.4. The molecular formula is C16H23N3O2. The van der Waals surface area contributed by atoms with Crippen molar-refractivity contribution in [1.29, 1.82) is 0 Å². The molecule has 3 N–H and O–H groups in total. The van der Waals surface area contributed by atoms with Gasteiger partial charge in [0.05, 0.1) is 0 Å². The number of amidine groups is 1. The van der Waals surface area contributed by atoms with E-state index in [2.05, 4.69) is 5.16 Å². The summed E-state index contributed by atoms with van der Waals surface area (Å²) in [5.41, 5.74) is 8.35. The number of rotatable bonds is 2. The molecule has 0 aromatic heterocycles. The molecule has 0 spiro atoms. The summed E-state index contributed by atoms with van der Waals surface area (Å²) in [6, 6.07) is 5.81. The molecular weight excluding hydrogens is 266 g/mol. The third-order valence-electron chi connectivity index (χ3n) is 4.72.